The van der Waals surface area contributed by atoms with Crippen LogP contribution < -0.4 is 5.32 Å². The maximum Gasteiger partial charge on any atom is 0.0695 e. The van der Waals surface area contributed by atoms with Gasteiger partial charge in [0, 0.05) is 18.6 Å². The van der Waals surface area contributed by atoms with Crippen LogP contribution in [0.3, 0.4) is 0 Å². The first-order chi connectivity index (χ1) is 7.33. The summed E-state index contributed by atoms with van der Waals surface area (Å²) < 4.78 is 0. The van der Waals surface area contributed by atoms with E-state index in [-0.39, 0.29) is 6.10 Å². The Labute approximate surface area is 92.8 Å². The summed E-state index contributed by atoms with van der Waals surface area (Å²) in [7, 11) is 0. The van der Waals surface area contributed by atoms with Gasteiger partial charge in [-0.15, -0.1) is 0 Å². The van der Waals surface area contributed by atoms with Gasteiger partial charge in [0.25, 0.3) is 0 Å². The lowest BCUT2D eigenvalue weighted by Crippen LogP contribution is -2.52. The molecule has 3 unspecified atom stereocenters. The van der Waals surface area contributed by atoms with Crippen LogP contribution in [0.4, 0.5) is 0 Å². The van der Waals surface area contributed by atoms with Crippen LogP contribution in [0.5, 0.6) is 0 Å². The summed E-state index contributed by atoms with van der Waals surface area (Å²) in [6.07, 6.45) is 5.88. The lowest BCUT2D eigenvalue weighted by atomic mass is 10.0. The van der Waals surface area contributed by atoms with Crippen molar-refractivity contribution in [3.8, 4) is 0 Å². The van der Waals surface area contributed by atoms with E-state index in [0.717, 1.165) is 19.5 Å². The normalized spacial score (nSPS) is 37.4. The topological polar surface area (TPSA) is 35.5 Å². The van der Waals surface area contributed by atoms with Crippen LogP contribution in [0.25, 0.3) is 0 Å². The van der Waals surface area contributed by atoms with Gasteiger partial charge < -0.3 is 10.4 Å². The molecule has 0 aromatic rings. The molecule has 1 heterocycles. The third-order valence-electron chi connectivity index (χ3n) is 3.97. The van der Waals surface area contributed by atoms with Crippen molar-refractivity contribution in [1.29, 1.82) is 0 Å². The molecule has 1 aliphatic carbocycles. The monoisotopic (exact) mass is 212 g/mol. The van der Waals surface area contributed by atoms with Gasteiger partial charge in [0.2, 0.25) is 0 Å². The molecule has 0 aromatic heterocycles. The summed E-state index contributed by atoms with van der Waals surface area (Å²) in [5.74, 6) is 0. The predicted octanol–water partition coefficient (Wildman–Crippen LogP) is 0.974. The Morgan fingerprint density at radius 1 is 1.27 bits per heavy atom. The molecule has 2 rings (SSSR count). The van der Waals surface area contributed by atoms with E-state index >= 15 is 0 Å². The van der Waals surface area contributed by atoms with Crippen LogP contribution in [0.2, 0.25) is 0 Å². The highest BCUT2D eigenvalue weighted by Gasteiger charge is 2.33. The molecular weight excluding hydrogens is 188 g/mol. The van der Waals surface area contributed by atoms with E-state index in [1.165, 1.54) is 32.2 Å². The second-order valence-corrected chi connectivity index (χ2v) is 4.90. The summed E-state index contributed by atoms with van der Waals surface area (Å²) >= 11 is 0. The van der Waals surface area contributed by atoms with Crippen molar-refractivity contribution >= 4 is 0 Å². The molecular formula is C12H24N2O. The Balaban J connectivity index is 1.95. The fourth-order valence-corrected chi connectivity index (χ4v) is 3.19. The second kappa shape index (κ2) is 5.28. The molecule has 1 saturated heterocycles. The molecule has 3 atom stereocenters. The first-order valence-corrected chi connectivity index (χ1v) is 6.47. The van der Waals surface area contributed by atoms with Gasteiger partial charge in [-0.3, -0.25) is 4.90 Å². The molecule has 88 valence electrons. The standard InChI is InChI=1S/C12H24N2O/c1-2-14(10-5-4-8-13-9-10)11-6-3-7-12(11)15/h10-13,15H,2-9H2,1H3. The number of hydrogen-bond acceptors (Lipinski definition) is 3. The molecule has 0 amide bonds. The zero-order valence-corrected chi connectivity index (χ0v) is 9.78. The number of nitrogens with zero attached hydrogens (tertiary/aromatic N) is 1. The van der Waals surface area contributed by atoms with Gasteiger partial charge in [-0.25, -0.2) is 0 Å². The van der Waals surface area contributed by atoms with Gasteiger partial charge in [0.05, 0.1) is 6.10 Å². The average molecular weight is 212 g/mol. The van der Waals surface area contributed by atoms with E-state index in [0.29, 0.717) is 12.1 Å². The molecule has 2 fully saturated rings. The molecule has 0 spiro atoms. The van der Waals surface area contributed by atoms with Crippen molar-refractivity contribution in [2.45, 2.75) is 57.2 Å². The van der Waals surface area contributed by atoms with Crippen LogP contribution in [0.1, 0.15) is 39.0 Å². The second-order valence-electron chi connectivity index (χ2n) is 4.90. The van der Waals surface area contributed by atoms with E-state index in [1.807, 2.05) is 0 Å². The first kappa shape index (κ1) is 11.4. The Bertz CT molecular complexity index is 192. The van der Waals surface area contributed by atoms with E-state index in [2.05, 4.69) is 17.1 Å². The van der Waals surface area contributed by atoms with Crippen molar-refractivity contribution in [3.63, 3.8) is 0 Å². The number of likely N-dealkylation sites (N-methyl/N-ethyl adjacent to an activating group) is 1. The highest BCUT2D eigenvalue weighted by atomic mass is 16.3. The molecule has 1 saturated carbocycles. The minimum atomic E-state index is -0.0770. The van der Waals surface area contributed by atoms with Gasteiger partial charge in [-0.2, -0.15) is 0 Å². The van der Waals surface area contributed by atoms with Crippen molar-refractivity contribution < 1.29 is 5.11 Å². The predicted molar refractivity (Wildman–Crippen MR) is 61.9 cm³/mol. The van der Waals surface area contributed by atoms with Crippen LogP contribution >= 0.6 is 0 Å². The molecule has 3 nitrogen and oxygen atoms in total. The molecule has 0 aromatic carbocycles. The van der Waals surface area contributed by atoms with Gasteiger partial charge in [0.1, 0.15) is 0 Å². The van der Waals surface area contributed by atoms with Crippen LogP contribution in [-0.2, 0) is 0 Å². The molecule has 1 aliphatic heterocycles. The molecule has 2 N–H and O–H groups in total. The number of aliphatic hydroxyl groups is 1. The maximum absolute atomic E-state index is 9.96. The number of nitrogens with one attached hydrogen (secondary N) is 1. The third kappa shape index (κ3) is 2.52. The Morgan fingerprint density at radius 3 is 2.67 bits per heavy atom. The zero-order chi connectivity index (χ0) is 10.7. The van der Waals surface area contributed by atoms with E-state index in [4.69, 9.17) is 0 Å². The fourth-order valence-electron chi connectivity index (χ4n) is 3.19. The third-order valence-corrected chi connectivity index (χ3v) is 3.97. The average Bonchev–Trinajstić information content (AvgIpc) is 2.68. The maximum atomic E-state index is 9.96. The minimum Gasteiger partial charge on any atom is -0.391 e. The summed E-state index contributed by atoms with van der Waals surface area (Å²) in [6.45, 7) is 5.58. The summed E-state index contributed by atoms with van der Waals surface area (Å²) in [4.78, 5) is 2.53. The number of rotatable bonds is 3. The van der Waals surface area contributed by atoms with E-state index in [1.54, 1.807) is 0 Å². The van der Waals surface area contributed by atoms with Crippen LogP contribution in [-0.4, -0.2) is 47.8 Å². The van der Waals surface area contributed by atoms with Crippen LogP contribution in [0.15, 0.2) is 0 Å². The first-order valence-electron chi connectivity index (χ1n) is 6.47. The van der Waals surface area contributed by atoms with Gasteiger partial charge in [-0.05, 0) is 45.2 Å². The van der Waals surface area contributed by atoms with E-state index < -0.39 is 0 Å². The zero-order valence-electron chi connectivity index (χ0n) is 9.78. The Morgan fingerprint density at radius 2 is 2.13 bits per heavy atom. The molecule has 0 radical (unpaired) electrons. The largest absolute Gasteiger partial charge is 0.391 e. The van der Waals surface area contributed by atoms with Crippen molar-refractivity contribution in [2.24, 2.45) is 0 Å². The quantitative estimate of drug-likeness (QED) is 0.732. The number of aliphatic hydroxyl groups excluding tert-OH is 1. The highest BCUT2D eigenvalue weighted by Crippen LogP contribution is 2.27. The van der Waals surface area contributed by atoms with Gasteiger partial charge in [0.15, 0.2) is 0 Å². The summed E-state index contributed by atoms with van der Waals surface area (Å²) in [6, 6.07) is 1.08. The smallest absolute Gasteiger partial charge is 0.0695 e. The lowest BCUT2D eigenvalue weighted by molar-refractivity contribution is 0.0388. The number of hydrogen-bond donors (Lipinski definition) is 2. The Hall–Kier alpha value is -0.120. The minimum absolute atomic E-state index is 0.0770. The fraction of sp³-hybridized carbons (Fsp3) is 1.00. The Kier molecular flexibility index (Phi) is 4.00. The molecule has 0 bridgehead atoms. The highest BCUT2D eigenvalue weighted by molar-refractivity contribution is 4.90. The molecule has 3 heteroatoms. The SMILES string of the molecule is CCN(C1CCCNC1)C1CCCC1O. The number of piperidine rings is 1. The van der Waals surface area contributed by atoms with Crippen molar-refractivity contribution in [1.82, 2.24) is 10.2 Å². The van der Waals surface area contributed by atoms with Gasteiger partial charge >= 0.3 is 0 Å². The molecule has 2 aliphatic rings. The van der Waals surface area contributed by atoms with E-state index in [9.17, 15) is 5.11 Å². The van der Waals surface area contributed by atoms with Crippen molar-refractivity contribution in [3.05, 3.63) is 0 Å². The van der Waals surface area contributed by atoms with Crippen molar-refractivity contribution in [2.75, 3.05) is 19.6 Å². The summed E-state index contributed by atoms with van der Waals surface area (Å²) in [5, 5.41) is 13.4. The van der Waals surface area contributed by atoms with Crippen LogP contribution in [0, 0.1) is 0 Å². The lowest BCUT2D eigenvalue weighted by Gasteiger charge is -2.39. The van der Waals surface area contributed by atoms with Gasteiger partial charge in [-0.1, -0.05) is 6.92 Å². The molecule has 15 heavy (non-hydrogen) atoms. The summed E-state index contributed by atoms with van der Waals surface area (Å²) in [5.41, 5.74) is 0.